The van der Waals surface area contributed by atoms with E-state index in [-0.39, 0.29) is 0 Å². The Morgan fingerprint density at radius 2 is 2.00 bits per heavy atom. The Hall–Kier alpha value is -0.120. The van der Waals surface area contributed by atoms with Gasteiger partial charge >= 0.3 is 0 Å². The summed E-state index contributed by atoms with van der Waals surface area (Å²) in [6.07, 6.45) is 5.49. The molecule has 2 atom stereocenters. The summed E-state index contributed by atoms with van der Waals surface area (Å²) in [5.41, 5.74) is 0. The Kier molecular flexibility index (Phi) is 7.20. The number of hydrogen-bond donors (Lipinski definition) is 1. The van der Waals surface area contributed by atoms with Crippen LogP contribution in [0.5, 0.6) is 0 Å². The van der Waals surface area contributed by atoms with E-state index in [1.54, 1.807) is 0 Å². The lowest BCUT2D eigenvalue weighted by atomic mass is 9.99. The molecule has 0 radical (unpaired) electrons. The average molecular weight is 255 g/mol. The highest BCUT2D eigenvalue weighted by molar-refractivity contribution is 4.78. The zero-order valence-electron chi connectivity index (χ0n) is 13.1. The molecule has 0 amide bonds. The normalized spacial score (nSPS) is 23.8. The van der Waals surface area contributed by atoms with Crippen molar-refractivity contribution in [2.75, 3.05) is 40.8 Å². The van der Waals surface area contributed by atoms with E-state index in [2.05, 4.69) is 50.1 Å². The summed E-state index contributed by atoms with van der Waals surface area (Å²) in [7, 11) is 6.60. The second-order valence-electron chi connectivity index (χ2n) is 6.49. The first-order chi connectivity index (χ1) is 8.50. The molecule has 1 rings (SSSR count). The van der Waals surface area contributed by atoms with Gasteiger partial charge in [-0.2, -0.15) is 0 Å². The molecule has 1 saturated heterocycles. The van der Waals surface area contributed by atoms with Crippen molar-refractivity contribution in [3.05, 3.63) is 0 Å². The molecule has 1 fully saturated rings. The Balaban J connectivity index is 2.25. The lowest BCUT2D eigenvalue weighted by Gasteiger charge is -2.33. The van der Waals surface area contributed by atoms with Gasteiger partial charge in [0.25, 0.3) is 0 Å². The van der Waals surface area contributed by atoms with Crippen molar-refractivity contribution < 1.29 is 0 Å². The Morgan fingerprint density at radius 3 is 2.56 bits per heavy atom. The van der Waals surface area contributed by atoms with Gasteiger partial charge in [0, 0.05) is 18.6 Å². The third-order valence-corrected chi connectivity index (χ3v) is 4.17. The number of nitrogens with one attached hydrogen (secondary N) is 1. The molecule has 0 aromatic rings. The van der Waals surface area contributed by atoms with Crippen LogP contribution < -0.4 is 5.32 Å². The van der Waals surface area contributed by atoms with Crippen LogP contribution in [0.1, 0.15) is 39.5 Å². The molecule has 0 aliphatic carbocycles. The molecule has 0 aromatic heterocycles. The van der Waals surface area contributed by atoms with Crippen LogP contribution in [0.25, 0.3) is 0 Å². The van der Waals surface area contributed by atoms with Crippen molar-refractivity contribution in [1.82, 2.24) is 15.1 Å². The largest absolute Gasteiger partial charge is 0.312 e. The van der Waals surface area contributed by atoms with Crippen molar-refractivity contribution in [3.8, 4) is 0 Å². The minimum atomic E-state index is 0.619. The van der Waals surface area contributed by atoms with E-state index in [1.807, 2.05) is 0 Å². The van der Waals surface area contributed by atoms with Gasteiger partial charge in [0.15, 0.2) is 0 Å². The predicted octanol–water partition coefficient (Wildman–Crippen LogP) is 2.04. The van der Waals surface area contributed by atoms with Gasteiger partial charge in [-0.15, -0.1) is 0 Å². The first kappa shape index (κ1) is 15.9. The molecule has 0 bridgehead atoms. The number of hydrogen-bond acceptors (Lipinski definition) is 3. The number of nitrogens with zero attached hydrogens (tertiary/aromatic N) is 2. The molecular weight excluding hydrogens is 222 g/mol. The summed E-state index contributed by atoms with van der Waals surface area (Å²) in [4.78, 5) is 4.83. The van der Waals surface area contributed by atoms with E-state index in [4.69, 9.17) is 0 Å². The zero-order valence-corrected chi connectivity index (χ0v) is 13.1. The zero-order chi connectivity index (χ0) is 13.5. The van der Waals surface area contributed by atoms with E-state index < -0.39 is 0 Å². The first-order valence-corrected chi connectivity index (χ1v) is 7.59. The second-order valence-corrected chi connectivity index (χ2v) is 6.49. The topological polar surface area (TPSA) is 18.5 Å². The standard InChI is InChI=1S/C15H33N3/c1-13(2)15(12-17(3)4)16-10-9-14-8-6-7-11-18(14)5/h13-16H,6-12H2,1-5H3. The van der Waals surface area contributed by atoms with Crippen LogP contribution >= 0.6 is 0 Å². The van der Waals surface area contributed by atoms with Crippen molar-refractivity contribution in [2.24, 2.45) is 5.92 Å². The van der Waals surface area contributed by atoms with E-state index >= 15 is 0 Å². The lowest BCUT2D eigenvalue weighted by molar-refractivity contribution is 0.171. The molecule has 2 unspecified atom stereocenters. The molecule has 3 nitrogen and oxygen atoms in total. The minimum Gasteiger partial charge on any atom is -0.312 e. The molecule has 1 aliphatic heterocycles. The summed E-state index contributed by atoms with van der Waals surface area (Å²) in [6.45, 7) is 8.21. The minimum absolute atomic E-state index is 0.619. The Labute approximate surface area is 114 Å². The fraction of sp³-hybridized carbons (Fsp3) is 1.00. The van der Waals surface area contributed by atoms with Gasteiger partial charge in [-0.1, -0.05) is 20.3 Å². The smallest absolute Gasteiger partial charge is 0.0217 e. The van der Waals surface area contributed by atoms with Crippen LogP contribution in [0.15, 0.2) is 0 Å². The maximum Gasteiger partial charge on any atom is 0.0217 e. The van der Waals surface area contributed by atoms with E-state index in [9.17, 15) is 0 Å². The maximum atomic E-state index is 3.75. The van der Waals surface area contributed by atoms with Crippen molar-refractivity contribution in [1.29, 1.82) is 0 Å². The van der Waals surface area contributed by atoms with Crippen molar-refractivity contribution in [2.45, 2.75) is 51.6 Å². The summed E-state index contributed by atoms with van der Waals surface area (Å²) in [5, 5.41) is 3.75. The highest BCUT2D eigenvalue weighted by Gasteiger charge is 2.19. The number of likely N-dealkylation sites (tertiary alicyclic amines) is 1. The highest BCUT2D eigenvalue weighted by Crippen LogP contribution is 2.17. The van der Waals surface area contributed by atoms with Crippen LogP contribution in [0, 0.1) is 5.92 Å². The SMILES string of the molecule is CC(C)C(CN(C)C)NCCC1CCCCN1C. The average Bonchev–Trinajstić information content (AvgIpc) is 2.29. The fourth-order valence-electron chi connectivity index (χ4n) is 2.85. The molecule has 18 heavy (non-hydrogen) atoms. The molecule has 3 heteroatoms. The Bertz CT molecular complexity index is 216. The molecule has 0 saturated carbocycles. The van der Waals surface area contributed by atoms with Crippen LogP contribution in [-0.2, 0) is 0 Å². The van der Waals surface area contributed by atoms with Crippen LogP contribution in [0.4, 0.5) is 0 Å². The number of likely N-dealkylation sites (N-methyl/N-ethyl adjacent to an activating group) is 1. The van der Waals surface area contributed by atoms with Crippen LogP contribution in [0.3, 0.4) is 0 Å². The second kappa shape index (κ2) is 8.13. The monoisotopic (exact) mass is 255 g/mol. The van der Waals surface area contributed by atoms with Crippen LogP contribution in [-0.4, -0.2) is 62.7 Å². The molecule has 108 valence electrons. The Morgan fingerprint density at radius 1 is 1.28 bits per heavy atom. The van der Waals surface area contributed by atoms with Crippen LogP contribution in [0.2, 0.25) is 0 Å². The van der Waals surface area contributed by atoms with E-state index in [1.165, 1.54) is 32.2 Å². The van der Waals surface area contributed by atoms with Gasteiger partial charge in [-0.05, 0) is 59.4 Å². The number of rotatable bonds is 7. The fourth-order valence-corrected chi connectivity index (χ4v) is 2.85. The van der Waals surface area contributed by atoms with Crippen molar-refractivity contribution in [3.63, 3.8) is 0 Å². The quantitative estimate of drug-likeness (QED) is 0.751. The maximum absolute atomic E-state index is 3.75. The summed E-state index contributed by atoms with van der Waals surface area (Å²) in [6, 6.07) is 1.42. The lowest BCUT2D eigenvalue weighted by Crippen LogP contribution is -2.44. The summed E-state index contributed by atoms with van der Waals surface area (Å²) >= 11 is 0. The third-order valence-electron chi connectivity index (χ3n) is 4.17. The van der Waals surface area contributed by atoms with Gasteiger partial charge in [0.2, 0.25) is 0 Å². The molecule has 0 aromatic carbocycles. The molecule has 1 N–H and O–H groups in total. The van der Waals surface area contributed by atoms with Gasteiger partial charge in [0.1, 0.15) is 0 Å². The predicted molar refractivity (Wildman–Crippen MR) is 80.1 cm³/mol. The molecule has 1 aliphatic rings. The molecular formula is C15H33N3. The summed E-state index contributed by atoms with van der Waals surface area (Å²) in [5.74, 6) is 0.705. The van der Waals surface area contributed by atoms with E-state index in [0.29, 0.717) is 12.0 Å². The first-order valence-electron chi connectivity index (χ1n) is 7.59. The van der Waals surface area contributed by atoms with Crippen molar-refractivity contribution >= 4 is 0 Å². The summed E-state index contributed by atoms with van der Waals surface area (Å²) < 4.78 is 0. The third kappa shape index (κ3) is 5.68. The van der Waals surface area contributed by atoms with E-state index in [0.717, 1.165) is 19.1 Å². The molecule has 0 spiro atoms. The molecule has 1 heterocycles. The van der Waals surface area contributed by atoms with Gasteiger partial charge in [0.05, 0.1) is 0 Å². The number of piperidine rings is 1. The van der Waals surface area contributed by atoms with Gasteiger partial charge in [-0.3, -0.25) is 0 Å². The van der Waals surface area contributed by atoms with Gasteiger partial charge < -0.3 is 15.1 Å². The van der Waals surface area contributed by atoms with Gasteiger partial charge in [-0.25, -0.2) is 0 Å². The highest BCUT2D eigenvalue weighted by atomic mass is 15.1.